The highest BCUT2D eigenvalue weighted by atomic mass is 16.4. The third-order valence-electron chi connectivity index (χ3n) is 5.05. The van der Waals surface area contributed by atoms with Crippen molar-refractivity contribution < 1.29 is 14.3 Å². The van der Waals surface area contributed by atoms with Crippen molar-refractivity contribution in [1.82, 2.24) is 14.7 Å². The Morgan fingerprint density at radius 2 is 1.96 bits per heavy atom. The molecule has 0 unspecified atom stereocenters. The number of aryl methyl sites for hydroxylation is 1. The van der Waals surface area contributed by atoms with Gasteiger partial charge in [-0.05, 0) is 38.0 Å². The molecule has 0 saturated carbocycles. The van der Waals surface area contributed by atoms with E-state index in [1.165, 1.54) is 0 Å². The summed E-state index contributed by atoms with van der Waals surface area (Å²) in [6, 6.07) is 5.87. The number of hydrogen-bond acceptors (Lipinski definition) is 4. The van der Waals surface area contributed by atoms with E-state index >= 15 is 0 Å². The fourth-order valence-corrected chi connectivity index (χ4v) is 3.37. The first-order valence-corrected chi connectivity index (χ1v) is 8.78. The summed E-state index contributed by atoms with van der Waals surface area (Å²) in [6.45, 7) is 10.3. The molecule has 1 aliphatic heterocycles. The number of carboxylic acid groups (broad SMARTS) is 1. The molecule has 0 aliphatic carbocycles. The van der Waals surface area contributed by atoms with Crippen LogP contribution in [0.15, 0.2) is 28.8 Å². The van der Waals surface area contributed by atoms with E-state index in [1.54, 1.807) is 4.68 Å². The predicted molar refractivity (Wildman–Crippen MR) is 94.5 cm³/mol. The highest BCUT2D eigenvalue weighted by molar-refractivity contribution is 5.76. The van der Waals surface area contributed by atoms with Crippen LogP contribution in [0.3, 0.4) is 0 Å². The summed E-state index contributed by atoms with van der Waals surface area (Å²) in [7, 11) is 0. The van der Waals surface area contributed by atoms with Crippen molar-refractivity contribution in [3.05, 3.63) is 41.6 Å². The second-order valence-electron chi connectivity index (χ2n) is 8.02. The molecule has 1 fully saturated rings. The van der Waals surface area contributed by atoms with Crippen molar-refractivity contribution in [2.75, 3.05) is 13.1 Å². The molecule has 0 atom stereocenters. The van der Waals surface area contributed by atoms with Crippen molar-refractivity contribution in [2.24, 2.45) is 0 Å². The summed E-state index contributed by atoms with van der Waals surface area (Å²) < 4.78 is 7.31. The van der Waals surface area contributed by atoms with Gasteiger partial charge in [0.1, 0.15) is 11.5 Å². The van der Waals surface area contributed by atoms with Crippen LogP contribution in [0.2, 0.25) is 0 Å². The number of rotatable bonds is 4. The molecule has 2 aromatic rings. The lowest BCUT2D eigenvalue weighted by Gasteiger charge is -2.38. The lowest BCUT2D eigenvalue weighted by atomic mass is 9.87. The van der Waals surface area contributed by atoms with Crippen LogP contribution < -0.4 is 0 Å². The monoisotopic (exact) mass is 345 g/mol. The van der Waals surface area contributed by atoms with Crippen LogP contribution in [0.1, 0.15) is 50.8 Å². The van der Waals surface area contributed by atoms with Gasteiger partial charge in [-0.1, -0.05) is 20.8 Å². The zero-order valence-corrected chi connectivity index (χ0v) is 15.5. The molecule has 0 aromatic carbocycles. The van der Waals surface area contributed by atoms with Crippen molar-refractivity contribution >= 4 is 5.97 Å². The van der Waals surface area contributed by atoms with Gasteiger partial charge in [0.25, 0.3) is 0 Å². The minimum Gasteiger partial charge on any atom is -0.479 e. The zero-order chi connectivity index (χ0) is 18.2. The molecule has 6 heteroatoms. The molecule has 25 heavy (non-hydrogen) atoms. The largest absolute Gasteiger partial charge is 0.479 e. The number of carbonyl (C=O) groups is 1. The maximum atomic E-state index is 12.1. The van der Waals surface area contributed by atoms with E-state index in [0.29, 0.717) is 25.9 Å². The topological polar surface area (TPSA) is 71.5 Å². The first-order valence-electron chi connectivity index (χ1n) is 8.78. The van der Waals surface area contributed by atoms with Gasteiger partial charge in [0.2, 0.25) is 0 Å². The van der Waals surface area contributed by atoms with Crippen LogP contribution >= 0.6 is 0 Å². The van der Waals surface area contributed by atoms with Gasteiger partial charge >= 0.3 is 5.97 Å². The van der Waals surface area contributed by atoms with Crippen molar-refractivity contribution in [1.29, 1.82) is 0 Å². The second kappa shape index (κ2) is 6.33. The second-order valence-corrected chi connectivity index (χ2v) is 8.02. The summed E-state index contributed by atoms with van der Waals surface area (Å²) in [5, 5.41) is 14.5. The van der Waals surface area contributed by atoms with Crippen molar-refractivity contribution in [3.8, 4) is 0 Å². The maximum absolute atomic E-state index is 12.1. The average Bonchev–Trinajstić information content (AvgIpc) is 3.17. The summed E-state index contributed by atoms with van der Waals surface area (Å²) >= 11 is 0. The third-order valence-corrected chi connectivity index (χ3v) is 5.05. The van der Waals surface area contributed by atoms with E-state index in [-0.39, 0.29) is 5.41 Å². The Bertz CT molecular complexity index is 746. The smallest absolute Gasteiger partial charge is 0.331 e. The number of hydrogen-bond donors (Lipinski definition) is 1. The molecule has 2 aromatic heterocycles. The van der Waals surface area contributed by atoms with Crippen LogP contribution in [0.25, 0.3) is 0 Å². The van der Waals surface area contributed by atoms with E-state index < -0.39 is 11.5 Å². The number of carboxylic acids is 1. The molecule has 0 spiro atoms. The highest BCUT2D eigenvalue weighted by Crippen LogP contribution is 2.32. The van der Waals surface area contributed by atoms with Gasteiger partial charge in [-0.2, -0.15) is 5.10 Å². The molecule has 136 valence electrons. The summed E-state index contributed by atoms with van der Waals surface area (Å²) in [5.74, 6) is 1.03. The Hall–Kier alpha value is -2.08. The van der Waals surface area contributed by atoms with Crippen LogP contribution in [0, 0.1) is 6.92 Å². The minimum absolute atomic E-state index is 0.0945. The van der Waals surface area contributed by atoms with Crippen LogP contribution in [-0.4, -0.2) is 38.8 Å². The van der Waals surface area contributed by atoms with E-state index in [2.05, 4.69) is 30.8 Å². The standard InChI is InChI=1S/C19H27N3O3/c1-14-5-6-15(25-14)13-21-11-8-19(9-12-21,17(23)24)22-10-7-16(20-22)18(2,3)4/h5-7,10H,8-9,11-13H2,1-4H3,(H,23,24). The molecule has 6 nitrogen and oxygen atoms in total. The Balaban J connectivity index is 1.75. The Labute approximate surface area is 148 Å². The van der Waals surface area contributed by atoms with Gasteiger partial charge < -0.3 is 9.52 Å². The molecular formula is C19H27N3O3. The molecule has 3 rings (SSSR count). The van der Waals surface area contributed by atoms with Gasteiger partial charge in [0.05, 0.1) is 12.2 Å². The number of piperidine rings is 1. The quantitative estimate of drug-likeness (QED) is 0.921. The fourth-order valence-electron chi connectivity index (χ4n) is 3.37. The van der Waals surface area contributed by atoms with E-state index in [1.807, 2.05) is 31.3 Å². The minimum atomic E-state index is -0.959. The molecule has 0 bridgehead atoms. The third kappa shape index (κ3) is 3.49. The summed E-state index contributed by atoms with van der Waals surface area (Å²) in [6.07, 6.45) is 2.89. The SMILES string of the molecule is Cc1ccc(CN2CCC(C(=O)O)(n3ccc(C(C)(C)C)n3)CC2)o1. The van der Waals surface area contributed by atoms with Gasteiger partial charge in [-0.15, -0.1) is 0 Å². The molecule has 0 radical (unpaired) electrons. The fraction of sp³-hybridized carbons (Fsp3) is 0.579. The molecule has 0 amide bonds. The lowest BCUT2D eigenvalue weighted by Crippen LogP contribution is -2.51. The summed E-state index contributed by atoms with van der Waals surface area (Å²) in [4.78, 5) is 14.3. The summed E-state index contributed by atoms with van der Waals surface area (Å²) in [5.41, 5.74) is -0.136. The molecule has 3 heterocycles. The Morgan fingerprint density at radius 1 is 1.28 bits per heavy atom. The first-order chi connectivity index (χ1) is 11.7. The predicted octanol–water partition coefficient (Wildman–Crippen LogP) is 3.16. The van der Waals surface area contributed by atoms with E-state index in [4.69, 9.17) is 4.42 Å². The molecule has 1 N–H and O–H groups in total. The maximum Gasteiger partial charge on any atom is 0.331 e. The number of nitrogens with zero attached hydrogens (tertiary/aromatic N) is 3. The van der Waals surface area contributed by atoms with Crippen molar-refractivity contribution in [3.63, 3.8) is 0 Å². The van der Waals surface area contributed by atoms with Crippen molar-refractivity contribution in [2.45, 2.75) is 58.0 Å². The van der Waals surface area contributed by atoms with Gasteiger partial charge in [-0.3, -0.25) is 9.58 Å². The average molecular weight is 345 g/mol. The Morgan fingerprint density at radius 3 is 2.44 bits per heavy atom. The van der Waals surface area contributed by atoms with Crippen LogP contribution in [0.5, 0.6) is 0 Å². The molecule has 1 saturated heterocycles. The zero-order valence-electron chi connectivity index (χ0n) is 15.5. The van der Waals surface area contributed by atoms with E-state index in [9.17, 15) is 9.90 Å². The van der Waals surface area contributed by atoms with Crippen LogP contribution in [0.4, 0.5) is 0 Å². The lowest BCUT2D eigenvalue weighted by molar-refractivity contribution is -0.151. The number of likely N-dealkylation sites (tertiary alicyclic amines) is 1. The van der Waals surface area contributed by atoms with Gasteiger partial charge in [0, 0.05) is 24.7 Å². The van der Waals surface area contributed by atoms with Crippen LogP contribution in [-0.2, 0) is 22.3 Å². The molecular weight excluding hydrogens is 318 g/mol. The van der Waals surface area contributed by atoms with Gasteiger partial charge in [0.15, 0.2) is 5.54 Å². The number of aromatic nitrogens is 2. The normalized spacial score (nSPS) is 18.4. The number of furan rings is 1. The first kappa shape index (κ1) is 17.7. The number of aliphatic carboxylic acids is 1. The van der Waals surface area contributed by atoms with Gasteiger partial charge in [-0.25, -0.2) is 4.79 Å². The highest BCUT2D eigenvalue weighted by Gasteiger charge is 2.44. The molecule has 1 aliphatic rings. The van der Waals surface area contributed by atoms with E-state index in [0.717, 1.165) is 23.8 Å². The Kier molecular flexibility index (Phi) is 4.49.